The predicted octanol–water partition coefficient (Wildman–Crippen LogP) is 3.41. The highest BCUT2D eigenvalue weighted by molar-refractivity contribution is 5.87. The molecule has 8 nitrogen and oxygen atoms in total. The number of rotatable bonds is 7. The third-order valence-corrected chi connectivity index (χ3v) is 4.03. The van der Waals surface area contributed by atoms with E-state index in [4.69, 9.17) is 5.11 Å². The minimum absolute atomic E-state index is 0.00380. The average Bonchev–Trinajstić information content (AvgIpc) is 2.64. The molecule has 2 rings (SSSR count). The van der Waals surface area contributed by atoms with Crippen molar-refractivity contribution in [2.24, 2.45) is 0 Å². The number of nitrogens with one attached hydrogen (secondary N) is 1. The van der Waals surface area contributed by atoms with Gasteiger partial charge in [-0.3, -0.25) is 10.1 Å². The smallest absolute Gasteiger partial charge is 0.335 e. The monoisotopic (exact) mass is 371 g/mol. The van der Waals surface area contributed by atoms with Crippen LogP contribution in [0.5, 0.6) is 0 Å². The molecule has 2 aromatic carbocycles. The molecule has 2 aromatic rings. The summed E-state index contributed by atoms with van der Waals surface area (Å²) >= 11 is 0. The maximum Gasteiger partial charge on any atom is 0.335 e. The fraction of sp³-hybridized carbons (Fsp3) is 0.263. The number of hydrogen-bond donors (Lipinski definition) is 2. The highest BCUT2D eigenvalue weighted by atomic mass is 16.6. The lowest BCUT2D eigenvalue weighted by Crippen LogP contribution is -2.43. The van der Waals surface area contributed by atoms with Crippen LogP contribution in [0.1, 0.15) is 35.3 Å². The second-order valence-electron chi connectivity index (χ2n) is 6.31. The number of aromatic carboxylic acids is 1. The van der Waals surface area contributed by atoms with Gasteiger partial charge in [0.05, 0.1) is 10.5 Å². The lowest BCUT2D eigenvalue weighted by Gasteiger charge is -2.27. The van der Waals surface area contributed by atoms with Gasteiger partial charge in [0.15, 0.2) is 0 Å². The number of carboxylic acid groups (broad SMARTS) is 1. The number of carbonyl (C=O) groups is 2. The largest absolute Gasteiger partial charge is 0.478 e. The standard InChI is InChI=1S/C19H21N3O5/c1-13(2)21(12-15-5-9-17(10-6-15)22(26)27)19(25)20-11-14-3-7-16(8-4-14)18(23)24/h3-10,13H,11-12H2,1-2H3,(H,20,25)(H,23,24). The first-order valence-corrected chi connectivity index (χ1v) is 8.38. The zero-order chi connectivity index (χ0) is 20.0. The number of nitro groups is 1. The van der Waals surface area contributed by atoms with Gasteiger partial charge < -0.3 is 15.3 Å². The van der Waals surface area contributed by atoms with Crippen LogP contribution in [-0.4, -0.2) is 33.0 Å². The molecular formula is C19H21N3O5. The number of carbonyl (C=O) groups excluding carboxylic acids is 1. The van der Waals surface area contributed by atoms with E-state index in [9.17, 15) is 19.7 Å². The van der Waals surface area contributed by atoms with E-state index in [1.165, 1.54) is 24.3 Å². The minimum Gasteiger partial charge on any atom is -0.478 e. The van der Waals surface area contributed by atoms with E-state index in [0.29, 0.717) is 6.54 Å². The van der Waals surface area contributed by atoms with Crippen molar-refractivity contribution in [1.82, 2.24) is 10.2 Å². The number of nitro benzene ring substituents is 1. The number of amides is 2. The van der Waals surface area contributed by atoms with Crippen molar-refractivity contribution < 1.29 is 19.6 Å². The van der Waals surface area contributed by atoms with Gasteiger partial charge in [-0.05, 0) is 37.1 Å². The molecule has 27 heavy (non-hydrogen) atoms. The third kappa shape index (κ3) is 5.53. The molecule has 0 saturated heterocycles. The van der Waals surface area contributed by atoms with Gasteiger partial charge in [-0.2, -0.15) is 0 Å². The summed E-state index contributed by atoms with van der Waals surface area (Å²) in [4.78, 5) is 35.3. The van der Waals surface area contributed by atoms with Gasteiger partial charge in [-0.1, -0.05) is 24.3 Å². The van der Waals surface area contributed by atoms with E-state index in [-0.39, 0.29) is 29.9 Å². The zero-order valence-corrected chi connectivity index (χ0v) is 15.1. The van der Waals surface area contributed by atoms with E-state index in [1.54, 1.807) is 29.2 Å². The maximum atomic E-state index is 12.5. The molecule has 0 bridgehead atoms. The maximum absolute atomic E-state index is 12.5. The molecule has 0 fully saturated rings. The molecule has 0 unspecified atom stereocenters. The first-order chi connectivity index (χ1) is 12.8. The van der Waals surface area contributed by atoms with Crippen LogP contribution in [0.25, 0.3) is 0 Å². The Kier molecular flexibility index (Phi) is 6.48. The quantitative estimate of drug-likeness (QED) is 0.572. The molecule has 0 aliphatic carbocycles. The molecule has 0 saturated carbocycles. The average molecular weight is 371 g/mol. The summed E-state index contributed by atoms with van der Waals surface area (Å²) in [6.45, 7) is 4.35. The van der Waals surface area contributed by atoms with Crippen LogP contribution >= 0.6 is 0 Å². The van der Waals surface area contributed by atoms with Crippen LogP contribution in [0, 0.1) is 10.1 Å². The van der Waals surface area contributed by atoms with Gasteiger partial charge >= 0.3 is 12.0 Å². The number of hydrogen-bond acceptors (Lipinski definition) is 4. The molecule has 142 valence electrons. The highest BCUT2D eigenvalue weighted by Crippen LogP contribution is 2.15. The summed E-state index contributed by atoms with van der Waals surface area (Å²) in [6.07, 6.45) is 0. The fourth-order valence-corrected chi connectivity index (χ4v) is 2.45. The topological polar surface area (TPSA) is 113 Å². The highest BCUT2D eigenvalue weighted by Gasteiger charge is 2.17. The van der Waals surface area contributed by atoms with Crippen LogP contribution in [0.15, 0.2) is 48.5 Å². The Hall–Kier alpha value is -3.42. The van der Waals surface area contributed by atoms with E-state index in [2.05, 4.69) is 5.32 Å². The normalized spacial score (nSPS) is 10.5. The Balaban J connectivity index is 1.99. The summed E-state index contributed by atoms with van der Waals surface area (Å²) in [7, 11) is 0. The molecule has 0 heterocycles. The van der Waals surface area contributed by atoms with Crippen molar-refractivity contribution in [3.8, 4) is 0 Å². The minimum atomic E-state index is -1.00. The van der Waals surface area contributed by atoms with Gasteiger partial charge in [-0.25, -0.2) is 9.59 Å². The van der Waals surface area contributed by atoms with Crippen molar-refractivity contribution in [2.45, 2.75) is 33.0 Å². The van der Waals surface area contributed by atoms with E-state index in [1.807, 2.05) is 13.8 Å². The van der Waals surface area contributed by atoms with Gasteiger partial charge in [0, 0.05) is 31.3 Å². The van der Waals surface area contributed by atoms with Crippen LogP contribution in [0.3, 0.4) is 0 Å². The molecule has 0 radical (unpaired) electrons. The third-order valence-electron chi connectivity index (χ3n) is 4.03. The Morgan fingerprint density at radius 3 is 2.11 bits per heavy atom. The summed E-state index contributed by atoms with van der Waals surface area (Å²) in [6, 6.07) is 12.0. The molecule has 0 aromatic heterocycles. The van der Waals surface area contributed by atoms with Gasteiger partial charge in [0.1, 0.15) is 0 Å². The molecule has 2 N–H and O–H groups in total. The summed E-state index contributed by atoms with van der Waals surface area (Å²) in [5.41, 5.74) is 1.76. The van der Waals surface area contributed by atoms with Gasteiger partial charge in [-0.15, -0.1) is 0 Å². The summed E-state index contributed by atoms with van der Waals surface area (Å²) in [5.74, 6) is -1.00. The Labute approximate surface area is 156 Å². The van der Waals surface area contributed by atoms with Crippen LogP contribution in [0.2, 0.25) is 0 Å². The Morgan fingerprint density at radius 1 is 1.07 bits per heavy atom. The number of urea groups is 1. The molecule has 0 spiro atoms. The van der Waals surface area contributed by atoms with Gasteiger partial charge in [0.2, 0.25) is 0 Å². The van der Waals surface area contributed by atoms with Crippen molar-refractivity contribution in [2.75, 3.05) is 0 Å². The molecule has 0 aliphatic rings. The molecular weight excluding hydrogens is 350 g/mol. The first-order valence-electron chi connectivity index (χ1n) is 8.38. The number of benzene rings is 2. The van der Waals surface area contributed by atoms with Crippen LogP contribution in [-0.2, 0) is 13.1 Å². The SMILES string of the molecule is CC(C)N(Cc1ccc([N+](=O)[O-])cc1)C(=O)NCc1ccc(C(=O)O)cc1. The van der Waals surface area contributed by atoms with Crippen molar-refractivity contribution in [3.63, 3.8) is 0 Å². The van der Waals surface area contributed by atoms with E-state index < -0.39 is 10.9 Å². The summed E-state index contributed by atoms with van der Waals surface area (Å²) < 4.78 is 0. The number of carboxylic acids is 1. The number of non-ortho nitro benzene ring substituents is 1. The van der Waals surface area contributed by atoms with E-state index in [0.717, 1.165) is 11.1 Å². The first kappa shape index (κ1) is 19.9. The van der Waals surface area contributed by atoms with Crippen LogP contribution < -0.4 is 5.32 Å². The molecule has 0 aliphatic heterocycles. The number of nitrogens with zero attached hydrogens (tertiary/aromatic N) is 2. The van der Waals surface area contributed by atoms with Crippen LogP contribution in [0.4, 0.5) is 10.5 Å². The molecule has 8 heteroatoms. The Morgan fingerprint density at radius 2 is 1.63 bits per heavy atom. The Bertz CT molecular complexity index is 816. The second kappa shape index (κ2) is 8.79. The second-order valence-corrected chi connectivity index (χ2v) is 6.31. The molecule has 0 atom stereocenters. The lowest BCUT2D eigenvalue weighted by molar-refractivity contribution is -0.384. The molecule has 2 amide bonds. The van der Waals surface area contributed by atoms with Crippen molar-refractivity contribution >= 4 is 17.7 Å². The van der Waals surface area contributed by atoms with Crippen molar-refractivity contribution in [3.05, 3.63) is 75.3 Å². The summed E-state index contributed by atoms with van der Waals surface area (Å²) in [5, 5.41) is 22.4. The van der Waals surface area contributed by atoms with E-state index >= 15 is 0 Å². The lowest BCUT2D eigenvalue weighted by atomic mass is 10.1. The predicted molar refractivity (Wildman–Crippen MR) is 99.4 cm³/mol. The zero-order valence-electron chi connectivity index (χ0n) is 15.1. The fourth-order valence-electron chi connectivity index (χ4n) is 2.45. The van der Waals surface area contributed by atoms with Crippen molar-refractivity contribution in [1.29, 1.82) is 0 Å². The van der Waals surface area contributed by atoms with Gasteiger partial charge in [0.25, 0.3) is 5.69 Å².